The van der Waals surface area contributed by atoms with Crippen LogP contribution in [0.4, 0.5) is 0 Å². The Hall–Kier alpha value is -1.51. The standard InChI is InChI=1S/C13H18O3/c1-4-16-11-8-6-5-7-10(11)9-13(2,3)12(14)15/h5-8H,4,9H2,1-3H3,(H,14,15). The predicted octanol–water partition coefficient (Wildman–Crippen LogP) is 2.74. The molecule has 0 spiro atoms. The molecule has 1 aromatic carbocycles. The van der Waals surface area contributed by atoms with Crippen LogP contribution in [-0.2, 0) is 11.2 Å². The lowest BCUT2D eigenvalue weighted by Gasteiger charge is -2.20. The molecule has 0 fully saturated rings. The number of aliphatic carboxylic acids is 1. The number of carboxylic acid groups (broad SMARTS) is 1. The van der Waals surface area contributed by atoms with E-state index in [0.29, 0.717) is 13.0 Å². The Morgan fingerprint density at radius 2 is 2.00 bits per heavy atom. The van der Waals surface area contributed by atoms with Crippen LogP contribution in [0.5, 0.6) is 5.75 Å². The van der Waals surface area contributed by atoms with Gasteiger partial charge < -0.3 is 9.84 Å². The highest BCUT2D eigenvalue weighted by Gasteiger charge is 2.28. The summed E-state index contributed by atoms with van der Waals surface area (Å²) in [6, 6.07) is 7.57. The summed E-state index contributed by atoms with van der Waals surface area (Å²) in [6.45, 7) is 5.94. The van der Waals surface area contributed by atoms with Gasteiger partial charge in [0, 0.05) is 0 Å². The molecule has 0 atom stereocenters. The number of para-hydroxylation sites is 1. The largest absolute Gasteiger partial charge is 0.494 e. The number of hydrogen-bond donors (Lipinski definition) is 1. The molecule has 1 rings (SSSR count). The molecule has 0 saturated carbocycles. The fourth-order valence-corrected chi connectivity index (χ4v) is 1.50. The smallest absolute Gasteiger partial charge is 0.309 e. The lowest BCUT2D eigenvalue weighted by Crippen LogP contribution is -2.26. The Morgan fingerprint density at radius 3 is 2.56 bits per heavy atom. The monoisotopic (exact) mass is 222 g/mol. The van der Waals surface area contributed by atoms with Crippen molar-refractivity contribution < 1.29 is 14.6 Å². The molecule has 1 aromatic rings. The molecule has 0 heterocycles. The molecule has 0 unspecified atom stereocenters. The van der Waals surface area contributed by atoms with Crippen LogP contribution < -0.4 is 4.74 Å². The molecule has 16 heavy (non-hydrogen) atoms. The van der Waals surface area contributed by atoms with Crippen LogP contribution in [0.3, 0.4) is 0 Å². The molecule has 0 saturated heterocycles. The molecule has 3 heteroatoms. The zero-order chi connectivity index (χ0) is 12.2. The molecule has 1 N–H and O–H groups in total. The van der Waals surface area contributed by atoms with Crippen molar-refractivity contribution in [3.05, 3.63) is 29.8 Å². The van der Waals surface area contributed by atoms with Crippen molar-refractivity contribution in [1.29, 1.82) is 0 Å². The van der Waals surface area contributed by atoms with Gasteiger partial charge in [-0.3, -0.25) is 4.79 Å². The molecule has 0 bridgehead atoms. The first kappa shape index (κ1) is 12.6. The SMILES string of the molecule is CCOc1ccccc1CC(C)(C)C(=O)O. The van der Waals surface area contributed by atoms with Gasteiger partial charge in [0.2, 0.25) is 0 Å². The molecule has 0 aliphatic rings. The Kier molecular flexibility index (Phi) is 3.93. The van der Waals surface area contributed by atoms with Crippen LogP contribution >= 0.6 is 0 Å². The van der Waals surface area contributed by atoms with E-state index < -0.39 is 11.4 Å². The Morgan fingerprint density at radius 1 is 1.38 bits per heavy atom. The number of benzene rings is 1. The second-order valence-corrected chi connectivity index (χ2v) is 4.41. The molecule has 0 aliphatic carbocycles. The van der Waals surface area contributed by atoms with Gasteiger partial charge in [-0.25, -0.2) is 0 Å². The van der Waals surface area contributed by atoms with Gasteiger partial charge in [-0.2, -0.15) is 0 Å². The average Bonchev–Trinajstić information content (AvgIpc) is 2.20. The summed E-state index contributed by atoms with van der Waals surface area (Å²) < 4.78 is 5.47. The maximum absolute atomic E-state index is 11.1. The third kappa shape index (κ3) is 2.99. The Balaban J connectivity index is 2.92. The van der Waals surface area contributed by atoms with Crippen LogP contribution in [0.15, 0.2) is 24.3 Å². The molecule has 0 aliphatic heterocycles. The van der Waals surface area contributed by atoms with Gasteiger partial charge >= 0.3 is 5.97 Å². The zero-order valence-electron chi connectivity index (χ0n) is 9.99. The van der Waals surface area contributed by atoms with Crippen LogP contribution in [0.2, 0.25) is 0 Å². The second-order valence-electron chi connectivity index (χ2n) is 4.41. The molecule has 0 aromatic heterocycles. The van der Waals surface area contributed by atoms with Gasteiger partial charge in [0.25, 0.3) is 0 Å². The first-order valence-corrected chi connectivity index (χ1v) is 5.41. The van der Waals surface area contributed by atoms with E-state index in [1.807, 2.05) is 31.2 Å². The minimum Gasteiger partial charge on any atom is -0.494 e. The van der Waals surface area contributed by atoms with Crippen molar-refractivity contribution in [2.45, 2.75) is 27.2 Å². The average molecular weight is 222 g/mol. The maximum atomic E-state index is 11.1. The minimum atomic E-state index is -0.793. The molecule has 88 valence electrons. The first-order chi connectivity index (χ1) is 7.47. The zero-order valence-corrected chi connectivity index (χ0v) is 9.99. The summed E-state index contributed by atoms with van der Waals surface area (Å²) in [5.74, 6) is -0.0156. The van der Waals surface area contributed by atoms with Gasteiger partial charge in [0.15, 0.2) is 0 Å². The number of hydrogen-bond acceptors (Lipinski definition) is 2. The molecule has 0 amide bonds. The summed E-state index contributed by atoms with van der Waals surface area (Å²) in [7, 11) is 0. The van der Waals surface area contributed by atoms with Gasteiger partial charge in [-0.05, 0) is 38.8 Å². The van der Waals surface area contributed by atoms with Gasteiger partial charge in [0.05, 0.1) is 12.0 Å². The van der Waals surface area contributed by atoms with Gasteiger partial charge in [-0.15, -0.1) is 0 Å². The van der Waals surface area contributed by atoms with E-state index in [0.717, 1.165) is 11.3 Å². The van der Waals surface area contributed by atoms with Crippen LogP contribution in [0.1, 0.15) is 26.3 Å². The van der Waals surface area contributed by atoms with E-state index in [2.05, 4.69) is 0 Å². The van der Waals surface area contributed by atoms with Crippen molar-refractivity contribution in [2.75, 3.05) is 6.61 Å². The third-order valence-corrected chi connectivity index (χ3v) is 2.48. The van der Waals surface area contributed by atoms with Crippen molar-refractivity contribution >= 4 is 5.97 Å². The Labute approximate surface area is 96.1 Å². The predicted molar refractivity (Wildman–Crippen MR) is 62.7 cm³/mol. The van der Waals surface area contributed by atoms with Crippen molar-refractivity contribution in [1.82, 2.24) is 0 Å². The second kappa shape index (κ2) is 5.01. The summed E-state index contributed by atoms with van der Waals surface area (Å²) >= 11 is 0. The van der Waals surface area contributed by atoms with E-state index in [1.54, 1.807) is 13.8 Å². The van der Waals surface area contributed by atoms with Crippen molar-refractivity contribution in [2.24, 2.45) is 5.41 Å². The summed E-state index contributed by atoms with van der Waals surface area (Å²) in [5.41, 5.74) is 0.171. The van der Waals surface area contributed by atoms with Gasteiger partial charge in [0.1, 0.15) is 5.75 Å². The number of carboxylic acids is 1. The van der Waals surface area contributed by atoms with Crippen LogP contribution in [-0.4, -0.2) is 17.7 Å². The lowest BCUT2D eigenvalue weighted by molar-refractivity contribution is -0.146. The molecular weight excluding hydrogens is 204 g/mol. The van der Waals surface area contributed by atoms with Crippen molar-refractivity contribution in [3.8, 4) is 5.75 Å². The Bertz CT molecular complexity index is 369. The highest BCUT2D eigenvalue weighted by atomic mass is 16.5. The van der Waals surface area contributed by atoms with E-state index in [-0.39, 0.29) is 0 Å². The fraction of sp³-hybridized carbons (Fsp3) is 0.462. The molecule has 0 radical (unpaired) electrons. The van der Waals surface area contributed by atoms with Crippen molar-refractivity contribution in [3.63, 3.8) is 0 Å². The number of rotatable bonds is 5. The number of carbonyl (C=O) groups is 1. The fourth-order valence-electron chi connectivity index (χ4n) is 1.50. The number of ether oxygens (including phenoxy) is 1. The summed E-state index contributed by atoms with van der Waals surface area (Å²) in [5, 5.41) is 9.08. The van der Waals surface area contributed by atoms with E-state index in [9.17, 15) is 4.79 Å². The topological polar surface area (TPSA) is 46.5 Å². The third-order valence-electron chi connectivity index (χ3n) is 2.48. The summed E-state index contributed by atoms with van der Waals surface area (Å²) in [6.07, 6.45) is 0.471. The van der Waals surface area contributed by atoms with E-state index >= 15 is 0 Å². The highest BCUT2D eigenvalue weighted by Crippen LogP contribution is 2.27. The maximum Gasteiger partial charge on any atom is 0.309 e. The molecule has 3 nitrogen and oxygen atoms in total. The normalized spacial score (nSPS) is 11.2. The quantitative estimate of drug-likeness (QED) is 0.833. The highest BCUT2D eigenvalue weighted by molar-refractivity contribution is 5.74. The minimum absolute atomic E-state index is 0.471. The van der Waals surface area contributed by atoms with Crippen LogP contribution in [0, 0.1) is 5.41 Å². The molecular formula is C13H18O3. The summed E-state index contributed by atoms with van der Waals surface area (Å²) in [4.78, 5) is 11.1. The van der Waals surface area contributed by atoms with Crippen LogP contribution in [0.25, 0.3) is 0 Å². The van der Waals surface area contributed by atoms with E-state index in [1.165, 1.54) is 0 Å². The van der Waals surface area contributed by atoms with E-state index in [4.69, 9.17) is 9.84 Å². The van der Waals surface area contributed by atoms with Gasteiger partial charge in [-0.1, -0.05) is 18.2 Å². The first-order valence-electron chi connectivity index (χ1n) is 5.41. The lowest BCUT2D eigenvalue weighted by atomic mass is 9.85.